The van der Waals surface area contributed by atoms with Gasteiger partial charge in [0.1, 0.15) is 30.5 Å². The van der Waals surface area contributed by atoms with E-state index in [0.717, 1.165) is 22.3 Å². The van der Waals surface area contributed by atoms with Crippen molar-refractivity contribution in [3.05, 3.63) is 125 Å². The SMILES string of the molecule is Oc1cc(OCc2ccccc2)cc(OCc2ccccc2)c1Cc1ccccc1. The Hall–Kier alpha value is -3.72. The van der Waals surface area contributed by atoms with E-state index in [4.69, 9.17) is 9.47 Å². The number of phenols is 1. The molecule has 0 amide bonds. The van der Waals surface area contributed by atoms with Crippen molar-refractivity contribution in [2.75, 3.05) is 0 Å². The van der Waals surface area contributed by atoms with Gasteiger partial charge in [0.05, 0.1) is 0 Å². The van der Waals surface area contributed by atoms with Gasteiger partial charge in [-0.1, -0.05) is 91.0 Å². The Balaban J connectivity index is 1.58. The molecular formula is C27H24O3. The summed E-state index contributed by atoms with van der Waals surface area (Å²) in [5, 5.41) is 10.8. The second-order valence-corrected chi connectivity index (χ2v) is 7.13. The highest BCUT2D eigenvalue weighted by Gasteiger charge is 2.14. The first-order valence-corrected chi connectivity index (χ1v) is 10.0. The summed E-state index contributed by atoms with van der Waals surface area (Å²) in [5.41, 5.74) is 4.00. The largest absolute Gasteiger partial charge is 0.507 e. The van der Waals surface area contributed by atoms with Gasteiger partial charge in [0.2, 0.25) is 0 Å². The lowest BCUT2D eigenvalue weighted by molar-refractivity contribution is 0.284. The molecule has 0 saturated carbocycles. The van der Waals surface area contributed by atoms with Crippen molar-refractivity contribution in [1.29, 1.82) is 0 Å². The van der Waals surface area contributed by atoms with E-state index >= 15 is 0 Å². The van der Waals surface area contributed by atoms with Gasteiger partial charge in [0, 0.05) is 24.1 Å². The summed E-state index contributed by atoms with van der Waals surface area (Å²) in [6.45, 7) is 0.848. The molecule has 30 heavy (non-hydrogen) atoms. The van der Waals surface area contributed by atoms with Crippen molar-refractivity contribution < 1.29 is 14.6 Å². The van der Waals surface area contributed by atoms with Gasteiger partial charge in [-0.05, 0) is 16.7 Å². The zero-order valence-corrected chi connectivity index (χ0v) is 16.7. The van der Waals surface area contributed by atoms with Gasteiger partial charge in [-0.3, -0.25) is 0 Å². The van der Waals surface area contributed by atoms with Crippen molar-refractivity contribution in [3.63, 3.8) is 0 Å². The number of hydrogen-bond donors (Lipinski definition) is 1. The summed E-state index contributed by atoms with van der Waals surface area (Å²) >= 11 is 0. The standard InChI is InChI=1S/C27H24O3/c28-26-17-24(29-19-22-12-6-2-7-13-22)18-27(30-20-23-14-8-3-9-15-23)25(26)16-21-10-4-1-5-11-21/h1-15,17-18,28H,16,19-20H2. The molecule has 0 aliphatic carbocycles. The Morgan fingerprint density at radius 1 is 0.567 bits per heavy atom. The normalized spacial score (nSPS) is 10.5. The molecule has 0 aliphatic heterocycles. The molecule has 3 nitrogen and oxygen atoms in total. The Kier molecular flexibility index (Phi) is 6.31. The molecule has 3 heteroatoms. The molecule has 4 rings (SSSR count). The lowest BCUT2D eigenvalue weighted by atomic mass is 10.0. The van der Waals surface area contributed by atoms with E-state index in [-0.39, 0.29) is 5.75 Å². The van der Waals surface area contributed by atoms with E-state index in [0.29, 0.717) is 31.1 Å². The van der Waals surface area contributed by atoms with Crippen LogP contribution in [0, 0.1) is 0 Å². The quantitative estimate of drug-likeness (QED) is 0.389. The van der Waals surface area contributed by atoms with Gasteiger partial charge in [0.25, 0.3) is 0 Å². The fraction of sp³-hybridized carbons (Fsp3) is 0.111. The first kappa shape index (κ1) is 19.6. The summed E-state index contributed by atoms with van der Waals surface area (Å²) in [6, 6.07) is 33.5. The Morgan fingerprint density at radius 2 is 1.07 bits per heavy atom. The molecule has 4 aromatic carbocycles. The van der Waals surface area contributed by atoms with Crippen LogP contribution in [-0.4, -0.2) is 5.11 Å². The lowest BCUT2D eigenvalue weighted by Crippen LogP contribution is -2.02. The second-order valence-electron chi connectivity index (χ2n) is 7.13. The fourth-order valence-corrected chi connectivity index (χ4v) is 3.27. The molecule has 0 heterocycles. The molecule has 0 fully saturated rings. The zero-order valence-electron chi connectivity index (χ0n) is 16.7. The average molecular weight is 396 g/mol. The van der Waals surface area contributed by atoms with Crippen molar-refractivity contribution in [3.8, 4) is 17.2 Å². The van der Waals surface area contributed by atoms with Gasteiger partial charge in [0.15, 0.2) is 0 Å². The number of hydrogen-bond acceptors (Lipinski definition) is 3. The van der Waals surface area contributed by atoms with Crippen LogP contribution in [0.5, 0.6) is 17.2 Å². The molecule has 0 bridgehead atoms. The van der Waals surface area contributed by atoms with E-state index in [9.17, 15) is 5.11 Å². The van der Waals surface area contributed by atoms with Gasteiger partial charge >= 0.3 is 0 Å². The maximum absolute atomic E-state index is 10.8. The molecule has 0 unspecified atom stereocenters. The van der Waals surface area contributed by atoms with E-state index < -0.39 is 0 Å². The molecule has 0 spiro atoms. The van der Waals surface area contributed by atoms with Crippen molar-refractivity contribution in [1.82, 2.24) is 0 Å². The van der Waals surface area contributed by atoms with Crippen LogP contribution in [0.25, 0.3) is 0 Å². The molecule has 0 atom stereocenters. The molecule has 1 N–H and O–H groups in total. The van der Waals surface area contributed by atoms with Gasteiger partial charge in [-0.25, -0.2) is 0 Å². The van der Waals surface area contributed by atoms with E-state index in [1.807, 2.05) is 97.1 Å². The summed E-state index contributed by atoms with van der Waals surface area (Å²) in [6.07, 6.45) is 0.579. The summed E-state index contributed by atoms with van der Waals surface area (Å²) in [7, 11) is 0. The van der Waals surface area contributed by atoms with E-state index in [1.54, 1.807) is 6.07 Å². The topological polar surface area (TPSA) is 38.7 Å². The van der Waals surface area contributed by atoms with Crippen molar-refractivity contribution >= 4 is 0 Å². The van der Waals surface area contributed by atoms with Crippen LogP contribution in [0.2, 0.25) is 0 Å². The molecule has 4 aromatic rings. The highest BCUT2D eigenvalue weighted by atomic mass is 16.5. The minimum absolute atomic E-state index is 0.174. The van der Waals surface area contributed by atoms with E-state index in [1.165, 1.54) is 0 Å². The van der Waals surface area contributed by atoms with Crippen molar-refractivity contribution in [2.45, 2.75) is 19.6 Å². The molecule has 0 saturated heterocycles. The lowest BCUT2D eigenvalue weighted by Gasteiger charge is -2.16. The number of benzene rings is 4. The predicted octanol–water partition coefficient (Wildman–Crippen LogP) is 6.14. The molecule has 0 radical (unpaired) electrons. The van der Waals surface area contributed by atoms with Crippen LogP contribution in [-0.2, 0) is 19.6 Å². The van der Waals surface area contributed by atoms with Crippen LogP contribution in [0.15, 0.2) is 103 Å². The summed E-state index contributed by atoms with van der Waals surface area (Å²) in [4.78, 5) is 0. The van der Waals surface area contributed by atoms with Crippen LogP contribution in [0.4, 0.5) is 0 Å². The second kappa shape index (κ2) is 9.66. The number of ether oxygens (including phenoxy) is 2. The van der Waals surface area contributed by atoms with Gasteiger partial charge < -0.3 is 14.6 Å². The first-order chi connectivity index (χ1) is 14.8. The van der Waals surface area contributed by atoms with Crippen LogP contribution in [0.1, 0.15) is 22.3 Å². The predicted molar refractivity (Wildman–Crippen MR) is 119 cm³/mol. The Morgan fingerprint density at radius 3 is 1.63 bits per heavy atom. The third-order valence-electron chi connectivity index (χ3n) is 4.87. The maximum Gasteiger partial charge on any atom is 0.130 e. The monoisotopic (exact) mass is 396 g/mol. The van der Waals surface area contributed by atoms with Crippen LogP contribution < -0.4 is 9.47 Å². The summed E-state index contributed by atoms with van der Waals surface area (Å²) in [5.74, 6) is 1.38. The smallest absolute Gasteiger partial charge is 0.130 e. The third kappa shape index (κ3) is 5.21. The van der Waals surface area contributed by atoms with Crippen molar-refractivity contribution in [2.24, 2.45) is 0 Å². The Bertz CT molecular complexity index is 1060. The van der Waals surface area contributed by atoms with Gasteiger partial charge in [-0.15, -0.1) is 0 Å². The first-order valence-electron chi connectivity index (χ1n) is 10.0. The molecule has 0 aliphatic rings. The number of aromatic hydroxyl groups is 1. The highest BCUT2D eigenvalue weighted by Crippen LogP contribution is 2.36. The molecule has 0 aromatic heterocycles. The van der Waals surface area contributed by atoms with Crippen LogP contribution in [0.3, 0.4) is 0 Å². The Labute approximate surface area is 177 Å². The highest BCUT2D eigenvalue weighted by molar-refractivity contribution is 5.52. The maximum atomic E-state index is 10.8. The molecular weight excluding hydrogens is 372 g/mol. The third-order valence-corrected chi connectivity index (χ3v) is 4.87. The fourth-order valence-electron chi connectivity index (χ4n) is 3.27. The zero-order chi connectivity index (χ0) is 20.6. The number of phenolic OH excluding ortho intramolecular Hbond substituents is 1. The minimum Gasteiger partial charge on any atom is -0.507 e. The van der Waals surface area contributed by atoms with Gasteiger partial charge in [-0.2, -0.15) is 0 Å². The molecule has 150 valence electrons. The number of rotatable bonds is 8. The minimum atomic E-state index is 0.174. The van der Waals surface area contributed by atoms with Crippen LogP contribution >= 0.6 is 0 Å². The summed E-state index contributed by atoms with van der Waals surface area (Å²) < 4.78 is 12.1. The average Bonchev–Trinajstić information content (AvgIpc) is 2.80. The van der Waals surface area contributed by atoms with E-state index in [2.05, 4.69) is 0 Å².